The maximum absolute atomic E-state index is 13.4. The Hall–Kier alpha value is -2.27. The second-order valence-electron chi connectivity index (χ2n) is 6.91. The molecule has 10 heteroatoms. The predicted molar refractivity (Wildman–Crippen MR) is 116 cm³/mol. The number of nitrogens with one attached hydrogen (secondary N) is 1. The van der Waals surface area contributed by atoms with Crippen molar-refractivity contribution in [1.82, 2.24) is 19.2 Å². The number of carbonyl (C=O) groups is 1. The van der Waals surface area contributed by atoms with Crippen molar-refractivity contribution < 1.29 is 17.9 Å². The number of fused-ring (bicyclic) bond motifs is 1. The van der Waals surface area contributed by atoms with Crippen molar-refractivity contribution in [1.29, 1.82) is 0 Å². The van der Waals surface area contributed by atoms with E-state index in [4.69, 9.17) is 4.74 Å². The second kappa shape index (κ2) is 8.84. The number of halogens is 1. The van der Waals surface area contributed by atoms with Crippen LogP contribution >= 0.6 is 15.9 Å². The molecule has 1 aliphatic heterocycles. The van der Waals surface area contributed by atoms with E-state index in [0.717, 1.165) is 4.47 Å². The molecule has 0 radical (unpaired) electrons. The van der Waals surface area contributed by atoms with Gasteiger partial charge in [0.1, 0.15) is 0 Å². The first-order chi connectivity index (χ1) is 14.5. The summed E-state index contributed by atoms with van der Waals surface area (Å²) in [6.07, 6.45) is 1.55. The fraction of sp³-hybridized carbons (Fsp3) is 0.300. The molecule has 1 aromatic carbocycles. The van der Waals surface area contributed by atoms with Crippen LogP contribution in [0.2, 0.25) is 0 Å². The van der Waals surface area contributed by atoms with Gasteiger partial charge in [-0.15, -0.1) is 0 Å². The lowest BCUT2D eigenvalue weighted by atomic mass is 10.3. The highest BCUT2D eigenvalue weighted by Gasteiger charge is 2.25. The number of hydrogen-bond acceptors (Lipinski definition) is 6. The Bertz CT molecular complexity index is 1160. The molecule has 1 fully saturated rings. The third-order valence-electron chi connectivity index (χ3n) is 4.90. The number of rotatable bonds is 6. The Morgan fingerprint density at radius 2 is 1.90 bits per heavy atom. The maximum Gasteiger partial charge on any atom is 0.269 e. The van der Waals surface area contributed by atoms with Crippen molar-refractivity contribution in [3.05, 3.63) is 58.8 Å². The van der Waals surface area contributed by atoms with Crippen LogP contribution in [-0.4, -0.2) is 61.0 Å². The Morgan fingerprint density at radius 3 is 2.63 bits per heavy atom. The van der Waals surface area contributed by atoms with Gasteiger partial charge in [0.15, 0.2) is 5.65 Å². The largest absolute Gasteiger partial charge is 0.379 e. The number of aromatic nitrogens is 2. The summed E-state index contributed by atoms with van der Waals surface area (Å²) in [4.78, 5) is 18.9. The van der Waals surface area contributed by atoms with Gasteiger partial charge in [-0.2, -0.15) is 0 Å². The molecule has 3 heterocycles. The lowest BCUT2D eigenvalue weighted by Gasteiger charge is -2.25. The molecule has 4 rings (SSSR count). The van der Waals surface area contributed by atoms with Gasteiger partial charge < -0.3 is 10.1 Å². The molecule has 8 nitrogen and oxygen atoms in total. The molecule has 0 bridgehead atoms. The van der Waals surface area contributed by atoms with E-state index >= 15 is 0 Å². The number of ether oxygens (including phenoxy) is 1. The molecule has 1 aliphatic rings. The minimum Gasteiger partial charge on any atom is -0.379 e. The van der Waals surface area contributed by atoms with Crippen LogP contribution in [0, 0.1) is 0 Å². The summed E-state index contributed by atoms with van der Waals surface area (Å²) < 4.78 is 34.0. The average molecular weight is 493 g/mol. The highest BCUT2D eigenvalue weighted by molar-refractivity contribution is 9.10. The van der Waals surface area contributed by atoms with Crippen molar-refractivity contribution in [2.24, 2.45) is 0 Å². The third kappa shape index (κ3) is 4.27. The fourth-order valence-electron chi connectivity index (χ4n) is 3.39. The number of nitrogens with zero attached hydrogens (tertiary/aromatic N) is 3. The summed E-state index contributed by atoms with van der Waals surface area (Å²) in [7, 11) is -3.89. The minimum absolute atomic E-state index is 0.0675. The minimum atomic E-state index is -3.89. The van der Waals surface area contributed by atoms with Crippen LogP contribution in [0.4, 0.5) is 0 Å². The topological polar surface area (TPSA) is 93.5 Å². The number of morpholine rings is 1. The quantitative estimate of drug-likeness (QED) is 0.565. The number of pyridine rings is 1. The first kappa shape index (κ1) is 21.0. The van der Waals surface area contributed by atoms with Crippen LogP contribution in [0.1, 0.15) is 5.69 Å². The van der Waals surface area contributed by atoms with E-state index in [2.05, 4.69) is 26.2 Å². The summed E-state index contributed by atoms with van der Waals surface area (Å²) in [6.45, 7) is 2.93. The molecule has 0 unspecified atom stereocenters. The van der Waals surface area contributed by atoms with E-state index in [0.29, 0.717) is 43.0 Å². The normalized spacial score (nSPS) is 15.4. The Balaban J connectivity index is 1.65. The number of benzene rings is 1. The van der Waals surface area contributed by atoms with Gasteiger partial charge in [-0.05, 0) is 40.2 Å². The summed E-state index contributed by atoms with van der Waals surface area (Å²) >= 11 is 3.46. The van der Waals surface area contributed by atoms with Crippen molar-refractivity contribution >= 4 is 42.9 Å². The van der Waals surface area contributed by atoms with Crippen LogP contribution in [0.5, 0.6) is 0 Å². The average Bonchev–Trinajstić information content (AvgIpc) is 3.14. The lowest BCUT2D eigenvalue weighted by Crippen LogP contribution is -2.43. The van der Waals surface area contributed by atoms with Gasteiger partial charge in [0.25, 0.3) is 10.0 Å². The van der Waals surface area contributed by atoms with Gasteiger partial charge in [-0.25, -0.2) is 17.4 Å². The van der Waals surface area contributed by atoms with E-state index in [1.54, 1.807) is 48.7 Å². The van der Waals surface area contributed by atoms with E-state index in [1.807, 2.05) is 4.90 Å². The zero-order valence-corrected chi connectivity index (χ0v) is 18.5. The molecule has 0 saturated carbocycles. The third-order valence-corrected chi connectivity index (χ3v) is 7.35. The molecule has 1 amide bonds. The Kier molecular flexibility index (Phi) is 6.19. The second-order valence-corrected chi connectivity index (χ2v) is 9.55. The number of amides is 1. The van der Waals surface area contributed by atoms with Crippen LogP contribution < -0.4 is 5.32 Å². The molecule has 2 aromatic heterocycles. The van der Waals surface area contributed by atoms with Gasteiger partial charge in [0.05, 0.1) is 36.9 Å². The highest BCUT2D eigenvalue weighted by Crippen LogP contribution is 2.29. The Labute approximate surface area is 183 Å². The summed E-state index contributed by atoms with van der Waals surface area (Å²) in [5, 5.41) is 3.50. The smallest absolute Gasteiger partial charge is 0.269 e. The summed E-state index contributed by atoms with van der Waals surface area (Å²) in [5.41, 5.74) is 0.745. The van der Waals surface area contributed by atoms with Gasteiger partial charge in [-0.1, -0.05) is 18.2 Å². The molecule has 1 saturated heterocycles. The van der Waals surface area contributed by atoms with Crippen LogP contribution in [-0.2, 0) is 26.1 Å². The van der Waals surface area contributed by atoms with Crippen LogP contribution in [0.25, 0.3) is 11.0 Å². The zero-order chi connectivity index (χ0) is 21.1. The van der Waals surface area contributed by atoms with Crippen molar-refractivity contribution in [3.63, 3.8) is 0 Å². The number of hydrogen-bond donors (Lipinski definition) is 1. The Morgan fingerprint density at radius 1 is 1.17 bits per heavy atom. The molecule has 0 aliphatic carbocycles. The maximum atomic E-state index is 13.4. The van der Waals surface area contributed by atoms with Crippen LogP contribution in [0.3, 0.4) is 0 Å². The molecular weight excluding hydrogens is 472 g/mol. The first-order valence-electron chi connectivity index (χ1n) is 9.49. The standard InChI is InChI=1S/C20H21BrN4O4S/c21-18-6-7-22-20-17(18)12-15(13-23-19(26)14-24-8-10-29-11-9-24)25(20)30(27,28)16-4-2-1-3-5-16/h1-7,12H,8-11,13-14H2,(H,23,26). The van der Waals surface area contributed by atoms with Gasteiger partial charge in [0.2, 0.25) is 5.91 Å². The highest BCUT2D eigenvalue weighted by atomic mass is 79.9. The molecule has 0 spiro atoms. The van der Waals surface area contributed by atoms with E-state index in [9.17, 15) is 13.2 Å². The predicted octanol–water partition coefficient (Wildman–Crippen LogP) is 1.98. The SMILES string of the molecule is O=C(CN1CCOCC1)NCc1cc2c(Br)ccnc2n1S(=O)(=O)c1ccccc1. The van der Waals surface area contributed by atoms with E-state index in [-0.39, 0.29) is 23.9 Å². The van der Waals surface area contributed by atoms with Gasteiger partial charge >= 0.3 is 0 Å². The first-order valence-corrected chi connectivity index (χ1v) is 11.7. The summed E-state index contributed by atoms with van der Waals surface area (Å²) in [5.74, 6) is -0.169. The van der Waals surface area contributed by atoms with Crippen molar-refractivity contribution in [2.45, 2.75) is 11.4 Å². The fourth-order valence-corrected chi connectivity index (χ4v) is 5.31. The lowest BCUT2D eigenvalue weighted by molar-refractivity contribution is -0.123. The molecule has 30 heavy (non-hydrogen) atoms. The number of carbonyl (C=O) groups excluding carboxylic acids is 1. The monoisotopic (exact) mass is 492 g/mol. The zero-order valence-electron chi connectivity index (χ0n) is 16.1. The molecule has 0 atom stereocenters. The van der Waals surface area contributed by atoms with Gasteiger partial charge in [0, 0.05) is 29.1 Å². The molecule has 1 N–H and O–H groups in total. The molecular formula is C20H21BrN4O4S. The van der Waals surface area contributed by atoms with Crippen molar-refractivity contribution in [3.8, 4) is 0 Å². The molecule has 158 valence electrons. The van der Waals surface area contributed by atoms with Crippen molar-refractivity contribution in [2.75, 3.05) is 32.8 Å². The molecule has 3 aromatic rings. The van der Waals surface area contributed by atoms with Gasteiger partial charge in [-0.3, -0.25) is 9.69 Å². The van der Waals surface area contributed by atoms with E-state index in [1.165, 1.54) is 3.97 Å². The van der Waals surface area contributed by atoms with E-state index < -0.39 is 10.0 Å². The summed E-state index contributed by atoms with van der Waals surface area (Å²) in [6, 6.07) is 11.7. The van der Waals surface area contributed by atoms with Crippen LogP contribution in [0.15, 0.2) is 58.0 Å².